The summed E-state index contributed by atoms with van der Waals surface area (Å²) in [5.41, 5.74) is 2.85. The van der Waals surface area contributed by atoms with Crippen LogP contribution in [0.25, 0.3) is 11.1 Å². The number of hydrogen-bond acceptors (Lipinski definition) is 5. The van der Waals surface area contributed by atoms with Crippen molar-refractivity contribution < 1.29 is 14.3 Å². The normalized spacial score (nSPS) is 14.2. The number of hydrogen-bond donors (Lipinski definition) is 1. The molecule has 3 rings (SSSR count). The van der Waals surface area contributed by atoms with Crippen molar-refractivity contribution in [2.24, 2.45) is 0 Å². The van der Waals surface area contributed by atoms with E-state index in [9.17, 15) is 9.59 Å². The molecule has 1 fully saturated rings. The fourth-order valence-electron chi connectivity index (χ4n) is 2.74. The number of carbonyl (C=O) groups is 2. The molecule has 2 amide bonds. The predicted molar refractivity (Wildman–Crippen MR) is 87.7 cm³/mol. The Morgan fingerprint density at radius 3 is 2.92 bits per heavy atom. The molecule has 0 unspecified atom stereocenters. The van der Waals surface area contributed by atoms with Crippen molar-refractivity contribution in [1.82, 2.24) is 20.2 Å². The first-order chi connectivity index (χ1) is 11.6. The number of rotatable bonds is 3. The van der Waals surface area contributed by atoms with Gasteiger partial charge in [0.15, 0.2) is 0 Å². The summed E-state index contributed by atoms with van der Waals surface area (Å²) in [5.74, 6) is 0.157. The van der Waals surface area contributed by atoms with E-state index in [4.69, 9.17) is 4.74 Å². The lowest BCUT2D eigenvalue weighted by Crippen LogP contribution is -2.49. The van der Waals surface area contributed by atoms with Gasteiger partial charge in [0.05, 0.1) is 24.9 Å². The zero-order valence-corrected chi connectivity index (χ0v) is 13.6. The lowest BCUT2D eigenvalue weighted by molar-refractivity contribution is -0.123. The van der Waals surface area contributed by atoms with Crippen LogP contribution in [0, 0.1) is 6.92 Å². The molecule has 0 bridgehead atoms. The number of nitrogens with one attached hydrogen (secondary N) is 1. The number of carbonyl (C=O) groups excluding carboxylic acids is 2. The fourth-order valence-corrected chi connectivity index (χ4v) is 2.74. The number of aromatic nitrogens is 2. The number of benzene rings is 1. The van der Waals surface area contributed by atoms with Crippen LogP contribution >= 0.6 is 0 Å². The summed E-state index contributed by atoms with van der Waals surface area (Å²) in [7, 11) is 1.55. The molecule has 1 saturated heterocycles. The van der Waals surface area contributed by atoms with Crippen LogP contribution in [-0.4, -0.2) is 53.4 Å². The first-order valence-corrected chi connectivity index (χ1v) is 7.62. The summed E-state index contributed by atoms with van der Waals surface area (Å²) < 4.78 is 5.31. The summed E-state index contributed by atoms with van der Waals surface area (Å²) in [6.07, 6.45) is 1.44. The Labute approximate surface area is 139 Å². The molecule has 0 radical (unpaired) electrons. The molecule has 2 heterocycles. The van der Waals surface area contributed by atoms with E-state index in [0.717, 1.165) is 16.8 Å². The third-order valence-corrected chi connectivity index (χ3v) is 3.92. The molecule has 1 N–H and O–H groups in total. The van der Waals surface area contributed by atoms with Crippen molar-refractivity contribution in [3.8, 4) is 17.0 Å². The number of amides is 2. The van der Waals surface area contributed by atoms with E-state index in [0.29, 0.717) is 24.5 Å². The molecule has 1 aromatic carbocycles. The summed E-state index contributed by atoms with van der Waals surface area (Å²) in [5, 5.41) is 2.71. The van der Waals surface area contributed by atoms with E-state index >= 15 is 0 Å². The van der Waals surface area contributed by atoms with Crippen LogP contribution in [-0.2, 0) is 4.79 Å². The Morgan fingerprint density at radius 2 is 2.17 bits per heavy atom. The Balaban J connectivity index is 1.95. The van der Waals surface area contributed by atoms with Crippen molar-refractivity contribution in [2.75, 3.05) is 26.7 Å². The second kappa shape index (κ2) is 6.66. The van der Waals surface area contributed by atoms with Gasteiger partial charge in [-0.05, 0) is 24.6 Å². The van der Waals surface area contributed by atoms with Crippen LogP contribution < -0.4 is 10.1 Å². The standard InChI is InChI=1S/C17H18N4O3/c1-11-15(16(24-2)20-10-19-11)12-4-3-5-13(8-12)17(23)21-7-6-18-14(22)9-21/h3-5,8,10H,6-7,9H2,1-2H3,(H,18,22). The highest BCUT2D eigenvalue weighted by Gasteiger charge is 2.23. The Morgan fingerprint density at radius 1 is 1.33 bits per heavy atom. The van der Waals surface area contributed by atoms with Crippen molar-refractivity contribution in [2.45, 2.75) is 6.92 Å². The highest BCUT2D eigenvalue weighted by Crippen LogP contribution is 2.30. The van der Waals surface area contributed by atoms with Crippen molar-refractivity contribution >= 4 is 11.8 Å². The maximum absolute atomic E-state index is 12.7. The number of aryl methyl sites for hydroxylation is 1. The molecule has 0 spiro atoms. The number of nitrogens with zero attached hydrogens (tertiary/aromatic N) is 3. The number of methoxy groups -OCH3 is 1. The smallest absolute Gasteiger partial charge is 0.254 e. The molecule has 24 heavy (non-hydrogen) atoms. The monoisotopic (exact) mass is 326 g/mol. The Kier molecular flexibility index (Phi) is 4.41. The van der Waals surface area contributed by atoms with Gasteiger partial charge in [0, 0.05) is 18.7 Å². The van der Waals surface area contributed by atoms with Crippen LogP contribution in [0.4, 0.5) is 0 Å². The maximum atomic E-state index is 12.7. The van der Waals surface area contributed by atoms with Crippen LogP contribution in [0.1, 0.15) is 16.1 Å². The molecule has 7 nitrogen and oxygen atoms in total. The van der Waals surface area contributed by atoms with E-state index in [1.54, 1.807) is 30.2 Å². The van der Waals surface area contributed by atoms with E-state index in [-0.39, 0.29) is 18.4 Å². The van der Waals surface area contributed by atoms with Gasteiger partial charge in [-0.2, -0.15) is 0 Å². The molecular weight excluding hydrogens is 308 g/mol. The zero-order chi connectivity index (χ0) is 17.1. The molecule has 1 aromatic heterocycles. The second-order valence-electron chi connectivity index (χ2n) is 5.50. The van der Waals surface area contributed by atoms with Crippen molar-refractivity contribution in [3.05, 3.63) is 41.9 Å². The molecule has 7 heteroatoms. The topological polar surface area (TPSA) is 84.4 Å². The second-order valence-corrected chi connectivity index (χ2v) is 5.50. The summed E-state index contributed by atoms with van der Waals surface area (Å²) in [4.78, 5) is 34.0. The zero-order valence-electron chi connectivity index (χ0n) is 13.6. The molecule has 0 atom stereocenters. The third-order valence-electron chi connectivity index (χ3n) is 3.92. The van der Waals surface area contributed by atoms with Gasteiger partial charge in [-0.3, -0.25) is 9.59 Å². The lowest BCUT2D eigenvalue weighted by Gasteiger charge is -2.26. The molecule has 1 aliphatic rings. The third kappa shape index (κ3) is 3.05. The van der Waals surface area contributed by atoms with Crippen LogP contribution in [0.2, 0.25) is 0 Å². The average molecular weight is 326 g/mol. The van der Waals surface area contributed by atoms with Gasteiger partial charge < -0.3 is 15.0 Å². The molecule has 2 aromatic rings. The van der Waals surface area contributed by atoms with Gasteiger partial charge in [0.1, 0.15) is 6.33 Å². The maximum Gasteiger partial charge on any atom is 0.254 e. The quantitative estimate of drug-likeness (QED) is 0.911. The van der Waals surface area contributed by atoms with Gasteiger partial charge >= 0.3 is 0 Å². The minimum Gasteiger partial charge on any atom is -0.480 e. The highest BCUT2D eigenvalue weighted by molar-refractivity contribution is 5.98. The predicted octanol–water partition coefficient (Wildman–Crippen LogP) is 1.03. The summed E-state index contributed by atoms with van der Waals surface area (Å²) in [6.45, 7) is 2.93. The Bertz CT molecular complexity index is 791. The van der Waals surface area contributed by atoms with Crippen LogP contribution in [0.5, 0.6) is 5.88 Å². The van der Waals surface area contributed by atoms with Gasteiger partial charge in [0.25, 0.3) is 5.91 Å². The fraction of sp³-hybridized carbons (Fsp3) is 0.294. The Hall–Kier alpha value is -2.96. The molecule has 0 aliphatic carbocycles. The number of piperazine rings is 1. The SMILES string of the molecule is COc1ncnc(C)c1-c1cccc(C(=O)N2CCNC(=O)C2)c1. The first-order valence-electron chi connectivity index (χ1n) is 7.62. The van der Waals surface area contributed by atoms with Gasteiger partial charge in [-0.1, -0.05) is 12.1 Å². The van der Waals surface area contributed by atoms with Crippen LogP contribution in [0.3, 0.4) is 0 Å². The van der Waals surface area contributed by atoms with Crippen molar-refractivity contribution in [3.63, 3.8) is 0 Å². The molecular formula is C17H18N4O3. The minimum atomic E-state index is -0.167. The molecule has 1 aliphatic heterocycles. The first kappa shape index (κ1) is 15.9. The van der Waals surface area contributed by atoms with E-state index in [2.05, 4.69) is 15.3 Å². The largest absolute Gasteiger partial charge is 0.480 e. The van der Waals surface area contributed by atoms with Crippen molar-refractivity contribution in [1.29, 1.82) is 0 Å². The van der Waals surface area contributed by atoms with Crippen LogP contribution in [0.15, 0.2) is 30.6 Å². The molecule has 124 valence electrons. The van der Waals surface area contributed by atoms with E-state index < -0.39 is 0 Å². The van der Waals surface area contributed by atoms with Gasteiger partial charge in [-0.15, -0.1) is 0 Å². The minimum absolute atomic E-state index is 0.0832. The summed E-state index contributed by atoms with van der Waals surface area (Å²) >= 11 is 0. The van der Waals surface area contributed by atoms with E-state index in [1.807, 2.05) is 13.0 Å². The van der Waals surface area contributed by atoms with Gasteiger partial charge in [-0.25, -0.2) is 9.97 Å². The summed E-state index contributed by atoms with van der Waals surface area (Å²) in [6, 6.07) is 7.21. The number of ether oxygens (including phenoxy) is 1. The van der Waals surface area contributed by atoms with E-state index in [1.165, 1.54) is 6.33 Å². The average Bonchev–Trinajstić information content (AvgIpc) is 2.61. The highest BCUT2D eigenvalue weighted by atomic mass is 16.5. The molecule has 0 saturated carbocycles. The van der Waals surface area contributed by atoms with Gasteiger partial charge in [0.2, 0.25) is 11.8 Å². The lowest BCUT2D eigenvalue weighted by atomic mass is 10.0.